The van der Waals surface area contributed by atoms with Gasteiger partial charge >= 0.3 is 0 Å². The van der Waals surface area contributed by atoms with Gasteiger partial charge in [-0.25, -0.2) is 9.97 Å². The van der Waals surface area contributed by atoms with E-state index in [1.54, 1.807) is 18.5 Å². The summed E-state index contributed by atoms with van der Waals surface area (Å²) in [6, 6.07) is 9.51. The van der Waals surface area contributed by atoms with Crippen LogP contribution in [0.4, 0.5) is 11.6 Å². The normalized spacial score (nSPS) is 11.7. The van der Waals surface area contributed by atoms with Gasteiger partial charge in [0.25, 0.3) is 0 Å². The van der Waals surface area contributed by atoms with Crippen LogP contribution in [-0.4, -0.2) is 15.9 Å². The Balaban J connectivity index is 2.10. The van der Waals surface area contributed by atoms with Gasteiger partial charge in [-0.05, 0) is 30.7 Å². The van der Waals surface area contributed by atoms with Gasteiger partial charge in [-0.1, -0.05) is 12.1 Å². The zero-order chi connectivity index (χ0) is 13.7. The maximum atomic E-state index is 11.0. The summed E-state index contributed by atoms with van der Waals surface area (Å²) in [7, 11) is 0. The molecule has 1 aromatic carbocycles. The van der Waals surface area contributed by atoms with Crippen molar-refractivity contribution in [1.82, 2.24) is 9.97 Å². The fraction of sp³-hybridized carbons (Fsp3) is 0.214. The second kappa shape index (κ2) is 5.95. The molecule has 1 aromatic heterocycles. The van der Waals surface area contributed by atoms with Crippen LogP contribution in [0.5, 0.6) is 0 Å². The number of hydrogen-bond donors (Lipinski definition) is 2. The summed E-state index contributed by atoms with van der Waals surface area (Å²) < 4.78 is 0. The smallest absolute Gasteiger partial charge is 0.223 e. The number of benzene rings is 1. The van der Waals surface area contributed by atoms with Crippen molar-refractivity contribution in [1.29, 1.82) is 0 Å². The Kier molecular flexibility index (Phi) is 4.07. The van der Waals surface area contributed by atoms with Crippen LogP contribution in [-0.2, 0) is 4.79 Å². The van der Waals surface area contributed by atoms with E-state index in [2.05, 4.69) is 20.6 Å². The van der Waals surface area contributed by atoms with Crippen LogP contribution in [0.15, 0.2) is 42.7 Å². The minimum Gasteiger partial charge on any atom is -0.348 e. The molecule has 0 saturated heterocycles. The molecule has 0 fully saturated rings. The van der Waals surface area contributed by atoms with Gasteiger partial charge in [0.1, 0.15) is 0 Å². The topological polar surface area (TPSA) is 66.9 Å². The number of carbonyl (C=O) groups excluding carboxylic acids is 1. The van der Waals surface area contributed by atoms with Crippen molar-refractivity contribution in [3.63, 3.8) is 0 Å². The maximum Gasteiger partial charge on any atom is 0.223 e. The molecule has 1 atom stereocenters. The number of anilines is 2. The van der Waals surface area contributed by atoms with Gasteiger partial charge in [-0.3, -0.25) is 4.79 Å². The number of aromatic nitrogens is 2. The average molecular weight is 256 g/mol. The van der Waals surface area contributed by atoms with Crippen LogP contribution >= 0.6 is 0 Å². The lowest BCUT2D eigenvalue weighted by atomic mass is 10.1. The molecule has 19 heavy (non-hydrogen) atoms. The van der Waals surface area contributed by atoms with Crippen LogP contribution in [0.2, 0.25) is 0 Å². The molecular formula is C14H16N4O. The number of nitrogens with zero attached hydrogens (tertiary/aromatic N) is 2. The molecule has 1 unspecified atom stereocenters. The molecule has 0 aliphatic carbocycles. The molecule has 5 heteroatoms. The first kappa shape index (κ1) is 13.0. The number of amides is 1. The molecule has 0 spiro atoms. The lowest BCUT2D eigenvalue weighted by Crippen LogP contribution is -2.10. The first-order valence-corrected chi connectivity index (χ1v) is 6.06. The quantitative estimate of drug-likeness (QED) is 0.882. The fourth-order valence-electron chi connectivity index (χ4n) is 1.74. The molecule has 0 radical (unpaired) electrons. The van der Waals surface area contributed by atoms with E-state index in [4.69, 9.17) is 0 Å². The van der Waals surface area contributed by atoms with Crippen LogP contribution in [0.1, 0.15) is 25.5 Å². The SMILES string of the molecule is CC(=O)Nc1cccc(C(C)Nc2ncccn2)c1. The lowest BCUT2D eigenvalue weighted by molar-refractivity contribution is -0.114. The molecule has 98 valence electrons. The third-order valence-electron chi connectivity index (χ3n) is 2.62. The Morgan fingerprint density at radius 2 is 1.95 bits per heavy atom. The first-order chi connectivity index (χ1) is 9.15. The molecule has 1 heterocycles. The van der Waals surface area contributed by atoms with Gasteiger partial charge in [-0.2, -0.15) is 0 Å². The van der Waals surface area contributed by atoms with E-state index in [-0.39, 0.29) is 11.9 Å². The van der Waals surface area contributed by atoms with Gasteiger partial charge in [0.2, 0.25) is 11.9 Å². The van der Waals surface area contributed by atoms with Crippen molar-refractivity contribution in [3.8, 4) is 0 Å². The third-order valence-corrected chi connectivity index (χ3v) is 2.62. The molecule has 5 nitrogen and oxygen atoms in total. The second-order valence-electron chi connectivity index (χ2n) is 4.25. The summed E-state index contributed by atoms with van der Waals surface area (Å²) in [6.45, 7) is 3.51. The van der Waals surface area contributed by atoms with Gasteiger partial charge in [-0.15, -0.1) is 0 Å². The summed E-state index contributed by atoms with van der Waals surface area (Å²) >= 11 is 0. The van der Waals surface area contributed by atoms with E-state index in [0.717, 1.165) is 11.3 Å². The monoisotopic (exact) mass is 256 g/mol. The third kappa shape index (κ3) is 3.77. The van der Waals surface area contributed by atoms with Crippen molar-refractivity contribution in [2.75, 3.05) is 10.6 Å². The minimum absolute atomic E-state index is 0.0520. The highest BCUT2D eigenvalue weighted by Gasteiger charge is 2.07. The van der Waals surface area contributed by atoms with E-state index in [1.807, 2.05) is 31.2 Å². The Morgan fingerprint density at radius 3 is 2.63 bits per heavy atom. The Hall–Kier alpha value is -2.43. The van der Waals surface area contributed by atoms with E-state index in [1.165, 1.54) is 6.92 Å². The molecule has 1 amide bonds. The van der Waals surface area contributed by atoms with Crippen LogP contribution in [0.3, 0.4) is 0 Å². The highest BCUT2D eigenvalue weighted by Crippen LogP contribution is 2.19. The zero-order valence-corrected chi connectivity index (χ0v) is 10.9. The molecule has 2 aromatic rings. The summed E-state index contributed by atoms with van der Waals surface area (Å²) in [5.41, 5.74) is 1.84. The van der Waals surface area contributed by atoms with E-state index in [0.29, 0.717) is 5.95 Å². The molecule has 0 bridgehead atoms. The molecule has 0 aliphatic rings. The number of hydrogen-bond acceptors (Lipinski definition) is 4. The minimum atomic E-state index is -0.0795. The second-order valence-corrected chi connectivity index (χ2v) is 4.25. The van der Waals surface area contributed by atoms with Crippen molar-refractivity contribution < 1.29 is 4.79 Å². The summed E-state index contributed by atoms with van der Waals surface area (Å²) in [4.78, 5) is 19.3. The summed E-state index contributed by atoms with van der Waals surface area (Å²) in [5.74, 6) is 0.504. The van der Waals surface area contributed by atoms with Gasteiger partial charge < -0.3 is 10.6 Å². The number of rotatable bonds is 4. The molecule has 0 aliphatic heterocycles. The zero-order valence-electron chi connectivity index (χ0n) is 10.9. The maximum absolute atomic E-state index is 11.0. The number of nitrogens with one attached hydrogen (secondary N) is 2. The van der Waals surface area contributed by atoms with Crippen molar-refractivity contribution in [2.24, 2.45) is 0 Å². The predicted octanol–water partition coefficient (Wildman–Crippen LogP) is 2.61. The molecule has 2 rings (SSSR count). The molecule has 2 N–H and O–H groups in total. The largest absolute Gasteiger partial charge is 0.348 e. The Labute approximate surface area is 112 Å². The Morgan fingerprint density at radius 1 is 1.21 bits per heavy atom. The van der Waals surface area contributed by atoms with E-state index in [9.17, 15) is 4.79 Å². The fourth-order valence-corrected chi connectivity index (χ4v) is 1.74. The first-order valence-electron chi connectivity index (χ1n) is 6.06. The lowest BCUT2D eigenvalue weighted by Gasteiger charge is -2.15. The molecular weight excluding hydrogens is 240 g/mol. The summed E-state index contributed by atoms with van der Waals surface area (Å²) in [6.07, 6.45) is 3.38. The molecule has 0 saturated carbocycles. The van der Waals surface area contributed by atoms with Crippen LogP contribution in [0.25, 0.3) is 0 Å². The number of carbonyl (C=O) groups is 1. The van der Waals surface area contributed by atoms with Gasteiger partial charge in [0.15, 0.2) is 0 Å². The highest BCUT2D eigenvalue weighted by atomic mass is 16.1. The van der Waals surface area contributed by atoms with Crippen molar-refractivity contribution in [2.45, 2.75) is 19.9 Å². The Bertz CT molecular complexity index is 556. The van der Waals surface area contributed by atoms with E-state index >= 15 is 0 Å². The highest BCUT2D eigenvalue weighted by molar-refractivity contribution is 5.88. The van der Waals surface area contributed by atoms with Crippen LogP contribution in [0, 0.1) is 0 Å². The standard InChI is InChI=1S/C14H16N4O/c1-10(17-14-15-7-4-8-16-14)12-5-3-6-13(9-12)18-11(2)19/h3-10H,1-2H3,(H,18,19)(H,15,16,17). The van der Waals surface area contributed by atoms with Gasteiger partial charge in [0.05, 0.1) is 6.04 Å². The van der Waals surface area contributed by atoms with Gasteiger partial charge in [0, 0.05) is 25.0 Å². The van der Waals surface area contributed by atoms with Crippen molar-refractivity contribution >= 4 is 17.5 Å². The summed E-state index contributed by atoms with van der Waals surface area (Å²) in [5, 5.41) is 5.97. The van der Waals surface area contributed by atoms with E-state index < -0.39 is 0 Å². The predicted molar refractivity (Wildman–Crippen MR) is 74.8 cm³/mol. The average Bonchev–Trinajstić information content (AvgIpc) is 2.39. The van der Waals surface area contributed by atoms with Crippen molar-refractivity contribution in [3.05, 3.63) is 48.3 Å². The van der Waals surface area contributed by atoms with Crippen LogP contribution < -0.4 is 10.6 Å².